The fourth-order valence-corrected chi connectivity index (χ4v) is 1.65. The molecule has 0 aromatic carbocycles. The summed E-state index contributed by atoms with van der Waals surface area (Å²) in [6, 6.07) is -0.956. The smallest absolute Gasteiger partial charge is 0.408 e. The number of amides is 4. The van der Waals surface area contributed by atoms with Crippen molar-refractivity contribution in [1.29, 1.82) is 0 Å². The van der Waals surface area contributed by atoms with E-state index in [1.54, 1.807) is 20.8 Å². The van der Waals surface area contributed by atoms with Crippen LogP contribution in [0.2, 0.25) is 0 Å². The molecular weight excluding hydrogens is 322 g/mol. The SMILES string of the molecule is CC(NC(=O)OC(C)(C)C)C(=O)NCC(=O)ON1C(=O)CCC1=O. The Morgan fingerprint density at radius 3 is 2.21 bits per heavy atom. The van der Waals surface area contributed by atoms with Gasteiger partial charge in [0.05, 0.1) is 0 Å². The van der Waals surface area contributed by atoms with Crippen LogP contribution in [0.15, 0.2) is 0 Å². The van der Waals surface area contributed by atoms with Crippen LogP contribution in [0.1, 0.15) is 40.5 Å². The molecule has 0 aromatic heterocycles. The number of nitrogens with one attached hydrogen (secondary N) is 2. The number of carbonyl (C=O) groups excluding carboxylic acids is 5. The minimum atomic E-state index is -0.976. The average Bonchev–Trinajstić information content (AvgIpc) is 2.74. The van der Waals surface area contributed by atoms with E-state index < -0.39 is 48.0 Å². The molecule has 0 radical (unpaired) electrons. The van der Waals surface area contributed by atoms with E-state index in [2.05, 4.69) is 15.5 Å². The molecule has 0 bridgehead atoms. The lowest BCUT2D eigenvalue weighted by molar-refractivity contribution is -0.196. The van der Waals surface area contributed by atoms with Crippen molar-refractivity contribution < 1.29 is 33.5 Å². The lowest BCUT2D eigenvalue weighted by Gasteiger charge is -2.21. The van der Waals surface area contributed by atoms with Crippen LogP contribution in [0, 0.1) is 0 Å². The summed E-state index contributed by atoms with van der Waals surface area (Å²) < 4.78 is 4.99. The number of rotatable bonds is 5. The Bertz CT molecular complexity index is 537. The standard InChI is InChI=1S/C14H21N3O7/c1-8(16-13(22)23-14(2,3)4)12(21)15-7-11(20)24-17-9(18)5-6-10(17)19/h8H,5-7H2,1-4H3,(H,15,21)(H,16,22). The molecule has 0 spiro atoms. The zero-order valence-corrected chi connectivity index (χ0v) is 14.0. The Morgan fingerprint density at radius 1 is 1.17 bits per heavy atom. The first kappa shape index (κ1) is 19.4. The molecule has 4 amide bonds. The number of carbonyl (C=O) groups is 5. The third-order valence-corrected chi connectivity index (χ3v) is 2.73. The highest BCUT2D eigenvalue weighted by Crippen LogP contribution is 2.11. The second-order valence-corrected chi connectivity index (χ2v) is 6.13. The molecule has 24 heavy (non-hydrogen) atoms. The molecule has 0 saturated carbocycles. The molecule has 10 nitrogen and oxygen atoms in total. The predicted molar refractivity (Wildman–Crippen MR) is 79.0 cm³/mol. The van der Waals surface area contributed by atoms with Crippen molar-refractivity contribution in [3.8, 4) is 0 Å². The normalized spacial score (nSPS) is 15.8. The number of hydrogen-bond donors (Lipinski definition) is 2. The van der Waals surface area contributed by atoms with Gasteiger partial charge in [-0.05, 0) is 27.7 Å². The molecule has 1 aliphatic rings. The summed E-state index contributed by atoms with van der Waals surface area (Å²) in [6.45, 7) is 5.87. The van der Waals surface area contributed by atoms with E-state index in [9.17, 15) is 24.0 Å². The van der Waals surface area contributed by atoms with E-state index in [1.807, 2.05) is 0 Å². The molecule has 1 aliphatic heterocycles. The zero-order chi connectivity index (χ0) is 18.5. The summed E-state index contributed by atoms with van der Waals surface area (Å²) in [6.07, 6.45) is -0.814. The Hall–Kier alpha value is -2.65. The van der Waals surface area contributed by atoms with Gasteiger partial charge in [-0.15, -0.1) is 5.06 Å². The van der Waals surface area contributed by atoms with Gasteiger partial charge in [0.2, 0.25) is 5.91 Å². The molecule has 1 fully saturated rings. The fourth-order valence-electron chi connectivity index (χ4n) is 1.65. The van der Waals surface area contributed by atoms with Crippen LogP contribution in [0.5, 0.6) is 0 Å². The van der Waals surface area contributed by atoms with Gasteiger partial charge in [-0.2, -0.15) is 0 Å². The van der Waals surface area contributed by atoms with E-state index in [0.717, 1.165) is 0 Å². The van der Waals surface area contributed by atoms with Crippen molar-refractivity contribution in [2.45, 2.75) is 52.2 Å². The van der Waals surface area contributed by atoms with Crippen LogP contribution in [0.4, 0.5) is 4.79 Å². The van der Waals surface area contributed by atoms with Crippen LogP contribution in [-0.2, 0) is 28.8 Å². The predicted octanol–water partition coefficient (Wildman–Crippen LogP) is -0.377. The van der Waals surface area contributed by atoms with E-state index in [-0.39, 0.29) is 12.8 Å². The van der Waals surface area contributed by atoms with Crippen LogP contribution < -0.4 is 10.6 Å². The number of hydrogen-bond acceptors (Lipinski definition) is 7. The summed E-state index contributed by atoms with van der Waals surface area (Å²) in [7, 11) is 0. The van der Waals surface area contributed by atoms with Crippen LogP contribution >= 0.6 is 0 Å². The second kappa shape index (κ2) is 7.75. The molecule has 1 heterocycles. The fraction of sp³-hybridized carbons (Fsp3) is 0.643. The first-order chi connectivity index (χ1) is 11.0. The summed E-state index contributed by atoms with van der Waals surface area (Å²) in [5.41, 5.74) is -0.709. The number of nitrogens with zero attached hydrogens (tertiary/aromatic N) is 1. The van der Waals surface area contributed by atoms with E-state index in [1.165, 1.54) is 6.92 Å². The lowest BCUT2D eigenvalue weighted by Crippen LogP contribution is -2.48. The van der Waals surface area contributed by atoms with Gasteiger partial charge >= 0.3 is 12.1 Å². The third-order valence-electron chi connectivity index (χ3n) is 2.73. The van der Waals surface area contributed by atoms with Crippen LogP contribution in [0.3, 0.4) is 0 Å². The van der Waals surface area contributed by atoms with Gasteiger partial charge < -0.3 is 20.2 Å². The first-order valence-corrected chi connectivity index (χ1v) is 7.33. The largest absolute Gasteiger partial charge is 0.444 e. The Balaban J connectivity index is 2.36. The molecule has 134 valence electrons. The summed E-state index contributed by atoms with van der Waals surface area (Å²) >= 11 is 0. The topological polar surface area (TPSA) is 131 Å². The van der Waals surface area contributed by atoms with Crippen molar-refractivity contribution in [1.82, 2.24) is 15.7 Å². The summed E-state index contributed by atoms with van der Waals surface area (Å²) in [5.74, 6) is -2.85. The molecule has 1 rings (SSSR count). The maximum absolute atomic E-state index is 11.8. The molecule has 1 unspecified atom stereocenters. The van der Waals surface area contributed by atoms with Gasteiger partial charge in [0.25, 0.3) is 11.8 Å². The minimum Gasteiger partial charge on any atom is -0.444 e. The third kappa shape index (κ3) is 6.23. The van der Waals surface area contributed by atoms with Gasteiger partial charge in [-0.3, -0.25) is 14.4 Å². The monoisotopic (exact) mass is 343 g/mol. The van der Waals surface area contributed by atoms with E-state index >= 15 is 0 Å². The number of ether oxygens (including phenoxy) is 1. The summed E-state index contributed by atoms with van der Waals surface area (Å²) in [5, 5.41) is 4.91. The van der Waals surface area contributed by atoms with Crippen molar-refractivity contribution in [3.05, 3.63) is 0 Å². The maximum atomic E-state index is 11.8. The van der Waals surface area contributed by atoms with Crippen molar-refractivity contribution in [3.63, 3.8) is 0 Å². The average molecular weight is 343 g/mol. The number of hydroxylamine groups is 2. The Kier molecular flexibility index (Phi) is 6.27. The molecule has 10 heteroatoms. The molecule has 1 atom stereocenters. The molecule has 1 saturated heterocycles. The lowest BCUT2D eigenvalue weighted by atomic mass is 10.2. The second-order valence-electron chi connectivity index (χ2n) is 6.13. The van der Waals surface area contributed by atoms with E-state index in [4.69, 9.17) is 4.74 Å². The van der Waals surface area contributed by atoms with Crippen LogP contribution in [-0.4, -0.2) is 53.0 Å². The Labute approximate surface area is 138 Å². The van der Waals surface area contributed by atoms with Crippen molar-refractivity contribution in [2.75, 3.05) is 6.54 Å². The zero-order valence-electron chi connectivity index (χ0n) is 14.0. The molecule has 2 N–H and O–H groups in total. The number of alkyl carbamates (subject to hydrolysis) is 1. The van der Waals surface area contributed by atoms with Crippen molar-refractivity contribution in [2.24, 2.45) is 0 Å². The van der Waals surface area contributed by atoms with Crippen molar-refractivity contribution >= 4 is 29.8 Å². The van der Waals surface area contributed by atoms with Gasteiger partial charge in [-0.25, -0.2) is 9.59 Å². The van der Waals surface area contributed by atoms with Gasteiger partial charge in [0.1, 0.15) is 18.2 Å². The highest BCUT2D eigenvalue weighted by atomic mass is 16.7. The van der Waals surface area contributed by atoms with Gasteiger partial charge in [-0.1, -0.05) is 0 Å². The highest BCUT2D eigenvalue weighted by Gasteiger charge is 2.33. The molecular formula is C14H21N3O7. The highest BCUT2D eigenvalue weighted by molar-refractivity contribution is 6.01. The maximum Gasteiger partial charge on any atom is 0.408 e. The first-order valence-electron chi connectivity index (χ1n) is 7.33. The van der Waals surface area contributed by atoms with Gasteiger partial charge in [0.15, 0.2) is 0 Å². The van der Waals surface area contributed by atoms with Crippen LogP contribution in [0.25, 0.3) is 0 Å². The molecule has 0 aromatic rings. The minimum absolute atomic E-state index is 0.0185. The summed E-state index contributed by atoms with van der Waals surface area (Å²) in [4.78, 5) is 62.0. The quantitative estimate of drug-likeness (QED) is 0.651. The molecule has 0 aliphatic carbocycles. The van der Waals surface area contributed by atoms with E-state index in [0.29, 0.717) is 5.06 Å². The van der Waals surface area contributed by atoms with Gasteiger partial charge in [0, 0.05) is 12.8 Å². The number of imide groups is 1. The Morgan fingerprint density at radius 2 is 1.71 bits per heavy atom.